The lowest BCUT2D eigenvalue weighted by Gasteiger charge is -2.23. The van der Waals surface area contributed by atoms with Gasteiger partial charge in [-0.1, -0.05) is 6.92 Å². The Hall–Kier alpha value is -1.30. The monoisotopic (exact) mass is 243 g/mol. The van der Waals surface area contributed by atoms with E-state index < -0.39 is 12.0 Å². The summed E-state index contributed by atoms with van der Waals surface area (Å²) in [6, 6.07) is -1.06. The average molecular weight is 243 g/mol. The van der Waals surface area contributed by atoms with Gasteiger partial charge >= 0.3 is 12.0 Å². The fourth-order valence-corrected chi connectivity index (χ4v) is 1.83. The number of likely N-dealkylation sites (N-methyl/N-ethyl adjacent to an activating group) is 1. The van der Waals surface area contributed by atoms with E-state index >= 15 is 0 Å². The number of urea groups is 1. The van der Waals surface area contributed by atoms with Crippen molar-refractivity contribution in [3.8, 4) is 0 Å². The summed E-state index contributed by atoms with van der Waals surface area (Å²) >= 11 is 0. The normalized spacial score (nSPS) is 19.5. The molecule has 17 heavy (non-hydrogen) atoms. The van der Waals surface area contributed by atoms with Crippen molar-refractivity contribution in [3.63, 3.8) is 0 Å². The first-order chi connectivity index (χ1) is 8.04. The summed E-state index contributed by atoms with van der Waals surface area (Å²) in [7, 11) is 2.02. The summed E-state index contributed by atoms with van der Waals surface area (Å²) in [6.45, 7) is 4.89. The van der Waals surface area contributed by atoms with Gasteiger partial charge in [0.25, 0.3) is 0 Å². The average Bonchev–Trinajstić information content (AvgIpc) is 2.50. The van der Waals surface area contributed by atoms with Crippen molar-refractivity contribution in [3.05, 3.63) is 0 Å². The zero-order valence-electron chi connectivity index (χ0n) is 10.5. The molecule has 0 aliphatic carbocycles. The minimum absolute atomic E-state index is 0.269. The van der Waals surface area contributed by atoms with Crippen molar-refractivity contribution in [1.29, 1.82) is 0 Å². The van der Waals surface area contributed by atoms with Gasteiger partial charge in [-0.3, -0.25) is 0 Å². The molecule has 1 saturated heterocycles. The Labute approximate surface area is 102 Å². The molecule has 0 bridgehead atoms. The van der Waals surface area contributed by atoms with Crippen molar-refractivity contribution in [1.82, 2.24) is 15.1 Å². The second-order valence-corrected chi connectivity index (χ2v) is 4.39. The van der Waals surface area contributed by atoms with E-state index in [9.17, 15) is 9.59 Å². The molecule has 1 atom stereocenters. The SMILES string of the molecule is CC[C@@H](NC(=O)N1CCCN(C)CC1)C(=O)O. The minimum atomic E-state index is -0.979. The van der Waals surface area contributed by atoms with E-state index in [0.717, 1.165) is 19.5 Å². The number of carbonyl (C=O) groups is 2. The van der Waals surface area contributed by atoms with Crippen LogP contribution in [0.3, 0.4) is 0 Å². The van der Waals surface area contributed by atoms with E-state index in [-0.39, 0.29) is 6.03 Å². The molecule has 0 radical (unpaired) electrons. The summed E-state index contributed by atoms with van der Waals surface area (Å²) in [5, 5.41) is 11.4. The topological polar surface area (TPSA) is 72.9 Å². The maximum Gasteiger partial charge on any atom is 0.326 e. The van der Waals surface area contributed by atoms with Crippen LogP contribution >= 0.6 is 0 Å². The Morgan fingerprint density at radius 3 is 2.59 bits per heavy atom. The van der Waals surface area contributed by atoms with Crippen LogP contribution < -0.4 is 5.32 Å². The zero-order chi connectivity index (χ0) is 12.8. The van der Waals surface area contributed by atoms with E-state index in [2.05, 4.69) is 10.2 Å². The summed E-state index contributed by atoms with van der Waals surface area (Å²) < 4.78 is 0. The Balaban J connectivity index is 2.48. The van der Waals surface area contributed by atoms with Gasteiger partial charge in [-0.2, -0.15) is 0 Å². The fourth-order valence-electron chi connectivity index (χ4n) is 1.83. The van der Waals surface area contributed by atoms with Gasteiger partial charge in [-0.15, -0.1) is 0 Å². The van der Waals surface area contributed by atoms with Gasteiger partial charge in [-0.25, -0.2) is 9.59 Å². The third-order valence-corrected chi connectivity index (χ3v) is 3.01. The lowest BCUT2D eigenvalue weighted by Crippen LogP contribution is -2.48. The van der Waals surface area contributed by atoms with Gasteiger partial charge in [0, 0.05) is 19.6 Å². The standard InChI is InChI=1S/C11H21N3O3/c1-3-9(10(15)16)12-11(17)14-6-4-5-13(2)7-8-14/h9H,3-8H2,1-2H3,(H,12,17)(H,15,16)/t9-/m1/s1. The summed E-state index contributed by atoms with van der Waals surface area (Å²) in [5.74, 6) is -0.979. The van der Waals surface area contributed by atoms with E-state index in [4.69, 9.17) is 5.11 Å². The number of rotatable bonds is 3. The van der Waals surface area contributed by atoms with Crippen molar-refractivity contribution in [2.24, 2.45) is 0 Å². The molecule has 0 aromatic rings. The smallest absolute Gasteiger partial charge is 0.326 e. The molecule has 1 heterocycles. The highest BCUT2D eigenvalue weighted by Gasteiger charge is 2.22. The number of nitrogens with zero attached hydrogens (tertiary/aromatic N) is 2. The molecule has 6 nitrogen and oxygen atoms in total. The number of carbonyl (C=O) groups excluding carboxylic acids is 1. The van der Waals surface area contributed by atoms with Crippen LogP contribution in [0.5, 0.6) is 0 Å². The predicted molar refractivity (Wildman–Crippen MR) is 63.9 cm³/mol. The van der Waals surface area contributed by atoms with Crippen LogP contribution in [0.25, 0.3) is 0 Å². The molecular weight excluding hydrogens is 222 g/mol. The number of aliphatic carboxylic acids is 1. The molecule has 1 aliphatic rings. The maximum atomic E-state index is 11.9. The molecule has 1 fully saturated rings. The van der Waals surface area contributed by atoms with E-state index in [0.29, 0.717) is 19.5 Å². The van der Waals surface area contributed by atoms with E-state index in [1.165, 1.54) is 0 Å². The van der Waals surface area contributed by atoms with Gasteiger partial charge in [0.05, 0.1) is 0 Å². The number of carboxylic acid groups (broad SMARTS) is 1. The summed E-state index contributed by atoms with van der Waals surface area (Å²) in [4.78, 5) is 26.5. The Bertz CT molecular complexity index is 283. The van der Waals surface area contributed by atoms with Crippen molar-refractivity contribution < 1.29 is 14.7 Å². The lowest BCUT2D eigenvalue weighted by atomic mass is 10.2. The minimum Gasteiger partial charge on any atom is -0.480 e. The first-order valence-electron chi connectivity index (χ1n) is 6.01. The molecule has 2 N–H and O–H groups in total. The molecule has 0 unspecified atom stereocenters. The third-order valence-electron chi connectivity index (χ3n) is 3.01. The highest BCUT2D eigenvalue weighted by atomic mass is 16.4. The quantitative estimate of drug-likeness (QED) is 0.742. The molecule has 0 aromatic heterocycles. The first kappa shape index (κ1) is 13.8. The molecule has 6 heteroatoms. The van der Waals surface area contributed by atoms with Crippen LogP contribution in [-0.2, 0) is 4.79 Å². The zero-order valence-corrected chi connectivity index (χ0v) is 10.5. The first-order valence-corrected chi connectivity index (χ1v) is 6.01. The summed E-state index contributed by atoms with van der Waals surface area (Å²) in [6.07, 6.45) is 1.32. The highest BCUT2D eigenvalue weighted by Crippen LogP contribution is 2.02. The molecule has 1 rings (SSSR count). The lowest BCUT2D eigenvalue weighted by molar-refractivity contribution is -0.139. The number of carboxylic acids is 1. The van der Waals surface area contributed by atoms with Crippen LogP contribution in [0, 0.1) is 0 Å². The van der Waals surface area contributed by atoms with Crippen LogP contribution in [0.2, 0.25) is 0 Å². The van der Waals surface area contributed by atoms with Crippen molar-refractivity contribution in [2.75, 3.05) is 33.2 Å². The number of amides is 2. The van der Waals surface area contributed by atoms with Gasteiger partial charge in [0.1, 0.15) is 6.04 Å². The third kappa shape index (κ3) is 4.22. The number of hydrogen-bond donors (Lipinski definition) is 2. The van der Waals surface area contributed by atoms with E-state index in [1.54, 1.807) is 11.8 Å². The molecule has 0 aromatic carbocycles. The molecule has 1 aliphatic heterocycles. The van der Waals surface area contributed by atoms with Crippen LogP contribution in [0.4, 0.5) is 4.79 Å². The molecule has 2 amide bonds. The number of nitrogens with one attached hydrogen (secondary N) is 1. The molecule has 0 spiro atoms. The molecule has 98 valence electrons. The summed E-state index contributed by atoms with van der Waals surface area (Å²) in [5.41, 5.74) is 0. The maximum absolute atomic E-state index is 11.9. The largest absolute Gasteiger partial charge is 0.480 e. The van der Waals surface area contributed by atoms with E-state index in [1.807, 2.05) is 7.05 Å². The van der Waals surface area contributed by atoms with Crippen molar-refractivity contribution >= 4 is 12.0 Å². The predicted octanol–water partition coefficient (Wildman–Crippen LogP) is 0.197. The Kier molecular flexibility index (Phi) is 5.21. The Morgan fingerprint density at radius 1 is 1.29 bits per heavy atom. The van der Waals surface area contributed by atoms with Gasteiger partial charge in [0.2, 0.25) is 0 Å². The number of hydrogen-bond acceptors (Lipinski definition) is 3. The molecule has 0 saturated carbocycles. The van der Waals surface area contributed by atoms with Crippen LogP contribution in [0.15, 0.2) is 0 Å². The Morgan fingerprint density at radius 2 is 2.00 bits per heavy atom. The van der Waals surface area contributed by atoms with Gasteiger partial charge in [0.15, 0.2) is 0 Å². The van der Waals surface area contributed by atoms with Gasteiger partial charge in [-0.05, 0) is 26.4 Å². The van der Waals surface area contributed by atoms with Crippen LogP contribution in [0.1, 0.15) is 19.8 Å². The van der Waals surface area contributed by atoms with Crippen LogP contribution in [-0.4, -0.2) is 66.2 Å². The van der Waals surface area contributed by atoms with Crippen molar-refractivity contribution in [2.45, 2.75) is 25.8 Å². The molecular formula is C11H21N3O3. The highest BCUT2D eigenvalue weighted by molar-refractivity contribution is 5.82. The second kappa shape index (κ2) is 6.44. The fraction of sp³-hybridized carbons (Fsp3) is 0.818. The second-order valence-electron chi connectivity index (χ2n) is 4.39. The van der Waals surface area contributed by atoms with Gasteiger partial charge < -0.3 is 20.2 Å².